The van der Waals surface area contributed by atoms with Gasteiger partial charge in [0.15, 0.2) is 0 Å². The minimum absolute atomic E-state index is 0.124. The highest BCUT2D eigenvalue weighted by molar-refractivity contribution is 7.84. The average Bonchev–Trinajstić information content (AvgIpc) is 2.32. The molecule has 0 amide bonds. The first-order valence-electron chi connectivity index (χ1n) is 6.59. The van der Waals surface area contributed by atoms with Gasteiger partial charge in [0.05, 0.1) is 0 Å². The summed E-state index contributed by atoms with van der Waals surface area (Å²) in [5.41, 5.74) is 0.996. The summed E-state index contributed by atoms with van der Waals surface area (Å²) in [6.45, 7) is 6.11. The van der Waals surface area contributed by atoms with Crippen molar-refractivity contribution in [3.05, 3.63) is 11.4 Å². The fraction of sp³-hybridized carbons (Fsp3) is 0.692. The number of rotatable bonds is 7. The van der Waals surface area contributed by atoms with Crippen molar-refractivity contribution in [3.63, 3.8) is 0 Å². The van der Waals surface area contributed by atoms with Crippen molar-refractivity contribution in [1.29, 1.82) is 0 Å². The van der Waals surface area contributed by atoms with E-state index < -0.39 is 10.8 Å². The van der Waals surface area contributed by atoms with E-state index in [0.717, 1.165) is 35.9 Å². The number of hydrogen-bond acceptors (Lipinski definition) is 5. The Balaban J connectivity index is 2.97. The molecule has 2 unspecified atom stereocenters. The molecule has 2 N–H and O–H groups in total. The Morgan fingerprint density at radius 3 is 2.47 bits per heavy atom. The van der Waals surface area contributed by atoms with Crippen LogP contribution in [0.1, 0.15) is 31.7 Å². The van der Waals surface area contributed by atoms with Gasteiger partial charge >= 0.3 is 0 Å². The molecule has 19 heavy (non-hydrogen) atoms. The van der Waals surface area contributed by atoms with Gasteiger partial charge in [-0.1, -0.05) is 6.92 Å². The largest absolute Gasteiger partial charge is 0.373 e. The minimum Gasteiger partial charge on any atom is -0.373 e. The van der Waals surface area contributed by atoms with E-state index in [-0.39, 0.29) is 6.04 Å². The van der Waals surface area contributed by atoms with Crippen LogP contribution in [0.25, 0.3) is 0 Å². The van der Waals surface area contributed by atoms with Gasteiger partial charge in [-0.15, -0.1) is 0 Å². The summed E-state index contributed by atoms with van der Waals surface area (Å²) in [6.07, 6.45) is 3.59. The second-order valence-corrected chi connectivity index (χ2v) is 6.23. The highest BCUT2D eigenvalue weighted by atomic mass is 32.2. The predicted octanol–water partition coefficient (Wildman–Crippen LogP) is 1.96. The van der Waals surface area contributed by atoms with Crippen molar-refractivity contribution >= 4 is 22.4 Å². The highest BCUT2D eigenvalue weighted by Gasteiger charge is 2.12. The third-order valence-electron chi connectivity index (χ3n) is 2.77. The molecule has 0 spiro atoms. The van der Waals surface area contributed by atoms with Crippen molar-refractivity contribution in [2.45, 2.75) is 39.7 Å². The van der Waals surface area contributed by atoms with Crippen LogP contribution in [0.4, 0.5) is 11.6 Å². The molecule has 1 aromatic heterocycles. The number of hydrogen-bond donors (Lipinski definition) is 2. The maximum Gasteiger partial charge on any atom is 0.135 e. The Morgan fingerprint density at radius 2 is 1.95 bits per heavy atom. The number of anilines is 2. The smallest absolute Gasteiger partial charge is 0.135 e. The number of aryl methyl sites for hydroxylation is 1. The lowest BCUT2D eigenvalue weighted by molar-refractivity contribution is 0.682. The van der Waals surface area contributed by atoms with Crippen LogP contribution in [0.5, 0.6) is 0 Å². The molecule has 0 aromatic carbocycles. The van der Waals surface area contributed by atoms with Crippen LogP contribution in [0.3, 0.4) is 0 Å². The van der Waals surface area contributed by atoms with Gasteiger partial charge in [0.25, 0.3) is 0 Å². The number of nitrogens with zero attached hydrogens (tertiary/aromatic N) is 2. The molecule has 5 nitrogen and oxygen atoms in total. The fourth-order valence-corrected chi connectivity index (χ4v) is 2.70. The van der Waals surface area contributed by atoms with Crippen molar-refractivity contribution in [3.8, 4) is 0 Å². The Morgan fingerprint density at radius 1 is 1.32 bits per heavy atom. The zero-order valence-corrected chi connectivity index (χ0v) is 13.2. The molecule has 2 atom stereocenters. The van der Waals surface area contributed by atoms with E-state index in [1.807, 2.05) is 20.9 Å². The van der Waals surface area contributed by atoms with Crippen LogP contribution in [-0.4, -0.2) is 39.3 Å². The van der Waals surface area contributed by atoms with Gasteiger partial charge in [-0.3, -0.25) is 4.21 Å². The van der Waals surface area contributed by atoms with Crippen LogP contribution in [-0.2, 0) is 17.2 Å². The summed E-state index contributed by atoms with van der Waals surface area (Å²) in [5.74, 6) is 3.14. The van der Waals surface area contributed by atoms with Gasteiger partial charge in [0, 0.05) is 47.9 Å². The van der Waals surface area contributed by atoms with E-state index in [1.54, 1.807) is 6.26 Å². The van der Waals surface area contributed by atoms with Crippen LogP contribution in [0.15, 0.2) is 0 Å². The molecule has 0 aliphatic carbocycles. The van der Waals surface area contributed by atoms with Crippen molar-refractivity contribution in [1.82, 2.24) is 9.97 Å². The van der Waals surface area contributed by atoms with E-state index in [1.165, 1.54) is 0 Å². The molecule has 0 bridgehead atoms. The quantitative estimate of drug-likeness (QED) is 0.801. The van der Waals surface area contributed by atoms with Gasteiger partial charge in [0.1, 0.15) is 17.5 Å². The SMILES string of the molecule is CCCc1nc(NC)c(C)c(NC(C)CS(C)=O)n1. The molecule has 108 valence electrons. The van der Waals surface area contributed by atoms with Gasteiger partial charge < -0.3 is 10.6 Å². The molecule has 6 heteroatoms. The van der Waals surface area contributed by atoms with E-state index in [0.29, 0.717) is 5.75 Å². The zero-order chi connectivity index (χ0) is 14.4. The normalized spacial score (nSPS) is 13.9. The molecular weight excluding hydrogens is 260 g/mol. The monoisotopic (exact) mass is 284 g/mol. The molecule has 0 radical (unpaired) electrons. The molecule has 0 aliphatic heterocycles. The van der Waals surface area contributed by atoms with E-state index in [4.69, 9.17) is 0 Å². The predicted molar refractivity (Wildman–Crippen MR) is 82.3 cm³/mol. The Kier molecular flexibility index (Phi) is 6.21. The van der Waals surface area contributed by atoms with Crippen molar-refractivity contribution in [2.75, 3.05) is 29.7 Å². The lowest BCUT2D eigenvalue weighted by Crippen LogP contribution is -2.24. The van der Waals surface area contributed by atoms with Gasteiger partial charge in [-0.25, -0.2) is 9.97 Å². The van der Waals surface area contributed by atoms with Crippen LogP contribution < -0.4 is 10.6 Å². The highest BCUT2D eigenvalue weighted by Crippen LogP contribution is 2.20. The second kappa shape index (κ2) is 7.43. The summed E-state index contributed by atoms with van der Waals surface area (Å²) < 4.78 is 11.2. The number of nitrogens with one attached hydrogen (secondary N) is 2. The molecular formula is C13H24N4OS. The van der Waals surface area contributed by atoms with Crippen molar-refractivity contribution < 1.29 is 4.21 Å². The molecule has 0 saturated heterocycles. The average molecular weight is 284 g/mol. The fourth-order valence-electron chi connectivity index (χ4n) is 1.91. The van der Waals surface area contributed by atoms with Gasteiger partial charge in [-0.05, 0) is 20.3 Å². The van der Waals surface area contributed by atoms with Crippen LogP contribution >= 0.6 is 0 Å². The first-order chi connectivity index (χ1) is 8.97. The number of aromatic nitrogens is 2. The summed E-state index contributed by atoms with van der Waals surface area (Å²) in [4.78, 5) is 9.04. The van der Waals surface area contributed by atoms with Crippen LogP contribution in [0.2, 0.25) is 0 Å². The Labute approximate surface area is 118 Å². The Bertz CT molecular complexity index is 451. The molecule has 0 aliphatic rings. The molecule has 1 heterocycles. The first-order valence-corrected chi connectivity index (χ1v) is 8.32. The summed E-state index contributed by atoms with van der Waals surface area (Å²) >= 11 is 0. The maximum absolute atomic E-state index is 11.2. The first kappa shape index (κ1) is 15.9. The molecule has 1 aromatic rings. The van der Waals surface area contributed by atoms with E-state index in [9.17, 15) is 4.21 Å². The summed E-state index contributed by atoms with van der Waals surface area (Å²) in [5, 5.41) is 6.43. The second-order valence-electron chi connectivity index (χ2n) is 4.75. The molecule has 1 rings (SSSR count). The Hall–Kier alpha value is -1.17. The van der Waals surface area contributed by atoms with E-state index in [2.05, 4.69) is 27.5 Å². The standard InChI is InChI=1S/C13H24N4OS/c1-6-7-11-16-12(14-4)10(3)13(17-11)15-9(2)8-19(5)18/h9H,6-8H2,1-5H3,(H2,14,15,16,17). The third kappa shape index (κ3) is 4.78. The molecule has 0 fully saturated rings. The van der Waals surface area contributed by atoms with Crippen LogP contribution in [0, 0.1) is 6.92 Å². The zero-order valence-electron chi connectivity index (χ0n) is 12.4. The lowest BCUT2D eigenvalue weighted by Gasteiger charge is -2.17. The summed E-state index contributed by atoms with van der Waals surface area (Å²) in [7, 11) is 1.05. The minimum atomic E-state index is -0.813. The van der Waals surface area contributed by atoms with Gasteiger partial charge in [-0.2, -0.15) is 0 Å². The van der Waals surface area contributed by atoms with Gasteiger partial charge in [0.2, 0.25) is 0 Å². The van der Waals surface area contributed by atoms with E-state index >= 15 is 0 Å². The molecule has 0 saturated carbocycles. The van der Waals surface area contributed by atoms with Crippen molar-refractivity contribution in [2.24, 2.45) is 0 Å². The maximum atomic E-state index is 11.2. The third-order valence-corrected chi connectivity index (χ3v) is 3.74. The topological polar surface area (TPSA) is 66.9 Å². The lowest BCUT2D eigenvalue weighted by atomic mass is 10.2. The summed E-state index contributed by atoms with van der Waals surface area (Å²) in [6, 6.07) is 0.124.